The van der Waals surface area contributed by atoms with Gasteiger partial charge in [-0.3, -0.25) is 0 Å². The van der Waals surface area contributed by atoms with Crippen molar-refractivity contribution < 1.29 is 13.5 Å². The van der Waals surface area contributed by atoms with Crippen molar-refractivity contribution in [3.8, 4) is 6.07 Å². The molecule has 0 aliphatic rings. The lowest BCUT2D eigenvalue weighted by atomic mass is 10.0. The highest BCUT2D eigenvalue weighted by Gasteiger charge is 2.27. The summed E-state index contributed by atoms with van der Waals surface area (Å²) in [5.74, 6) is 0. The first-order valence-electron chi connectivity index (χ1n) is 5.46. The number of benzene rings is 1. The van der Waals surface area contributed by atoms with E-state index in [2.05, 4.69) is 4.72 Å². The monoisotopic (exact) mass is 268 g/mol. The van der Waals surface area contributed by atoms with Gasteiger partial charge in [-0.05, 0) is 32.4 Å². The van der Waals surface area contributed by atoms with Crippen LogP contribution in [0.4, 0.5) is 0 Å². The highest BCUT2D eigenvalue weighted by atomic mass is 32.2. The molecule has 0 saturated carbocycles. The number of nitrogens with zero attached hydrogens (tertiary/aromatic N) is 1. The molecule has 0 atom stereocenters. The molecule has 1 rings (SSSR count). The van der Waals surface area contributed by atoms with E-state index in [9.17, 15) is 8.42 Å². The van der Waals surface area contributed by atoms with Crippen LogP contribution < -0.4 is 4.72 Å². The van der Waals surface area contributed by atoms with Crippen LogP contribution in [0, 0.1) is 11.3 Å². The van der Waals surface area contributed by atoms with Crippen LogP contribution in [0.2, 0.25) is 0 Å². The van der Waals surface area contributed by atoms with E-state index in [1.807, 2.05) is 6.07 Å². The first kappa shape index (κ1) is 14.6. The van der Waals surface area contributed by atoms with Crippen LogP contribution in [-0.2, 0) is 10.0 Å². The zero-order valence-electron chi connectivity index (χ0n) is 10.3. The minimum absolute atomic E-state index is 0.0430. The molecule has 0 unspecified atom stereocenters. The quantitative estimate of drug-likeness (QED) is 0.833. The lowest BCUT2D eigenvalue weighted by Crippen LogP contribution is -2.44. The molecule has 6 heteroatoms. The Balaban J connectivity index is 3.12. The third-order valence-electron chi connectivity index (χ3n) is 2.44. The zero-order valence-corrected chi connectivity index (χ0v) is 11.2. The van der Waals surface area contributed by atoms with Crippen molar-refractivity contribution in [3.63, 3.8) is 0 Å². The summed E-state index contributed by atoms with van der Waals surface area (Å²) in [7, 11) is -3.77. The summed E-state index contributed by atoms with van der Waals surface area (Å²) in [5.41, 5.74) is -0.666. The molecule has 0 bridgehead atoms. The van der Waals surface area contributed by atoms with E-state index in [1.165, 1.54) is 12.1 Å². The van der Waals surface area contributed by atoms with Crippen LogP contribution in [0.3, 0.4) is 0 Å². The Hall–Kier alpha value is -1.42. The topological polar surface area (TPSA) is 90.2 Å². The Morgan fingerprint density at radius 1 is 1.39 bits per heavy atom. The molecule has 0 fully saturated rings. The van der Waals surface area contributed by atoms with Crippen LogP contribution in [0.5, 0.6) is 0 Å². The van der Waals surface area contributed by atoms with E-state index in [0.717, 1.165) is 0 Å². The lowest BCUT2D eigenvalue weighted by Gasteiger charge is -2.25. The molecule has 0 aliphatic heterocycles. The van der Waals surface area contributed by atoms with E-state index in [1.54, 1.807) is 26.0 Å². The fraction of sp³-hybridized carbons (Fsp3) is 0.417. The highest BCUT2D eigenvalue weighted by Crippen LogP contribution is 2.18. The number of hydrogen-bond acceptors (Lipinski definition) is 4. The van der Waals surface area contributed by atoms with E-state index >= 15 is 0 Å². The molecule has 98 valence electrons. The Kier molecular flexibility index (Phi) is 4.46. The second-order valence-corrected chi connectivity index (χ2v) is 6.22. The van der Waals surface area contributed by atoms with Gasteiger partial charge in [0, 0.05) is 12.1 Å². The van der Waals surface area contributed by atoms with E-state index in [-0.39, 0.29) is 17.1 Å². The standard InChI is InChI=1S/C12H16N2O3S/c1-12(2,7-8-15)14-18(16,17)11-6-4-3-5-10(11)9-13/h3-6,14-15H,7-8H2,1-2H3. The maximum absolute atomic E-state index is 12.2. The van der Waals surface area contributed by atoms with Gasteiger partial charge in [-0.15, -0.1) is 0 Å². The number of nitrogens with one attached hydrogen (secondary N) is 1. The highest BCUT2D eigenvalue weighted by molar-refractivity contribution is 7.89. The lowest BCUT2D eigenvalue weighted by molar-refractivity contribution is 0.245. The zero-order chi connectivity index (χ0) is 13.8. The van der Waals surface area contributed by atoms with E-state index < -0.39 is 15.6 Å². The Morgan fingerprint density at radius 2 is 2.00 bits per heavy atom. The molecule has 0 aliphatic carbocycles. The predicted octanol–water partition coefficient (Wildman–Crippen LogP) is 0.998. The molecule has 18 heavy (non-hydrogen) atoms. The van der Waals surface area contributed by atoms with Crippen molar-refractivity contribution in [1.29, 1.82) is 5.26 Å². The van der Waals surface area contributed by atoms with Gasteiger partial charge in [-0.2, -0.15) is 5.26 Å². The fourth-order valence-electron chi connectivity index (χ4n) is 1.54. The second kappa shape index (κ2) is 5.48. The van der Waals surface area contributed by atoms with E-state index in [0.29, 0.717) is 6.42 Å². The maximum Gasteiger partial charge on any atom is 0.242 e. The largest absolute Gasteiger partial charge is 0.396 e. The molecule has 1 aromatic rings. The van der Waals surface area contributed by atoms with Crippen molar-refractivity contribution in [2.24, 2.45) is 0 Å². The van der Waals surface area contributed by atoms with Crippen molar-refractivity contribution in [2.45, 2.75) is 30.7 Å². The van der Waals surface area contributed by atoms with Crippen LogP contribution in [-0.4, -0.2) is 25.7 Å². The number of aliphatic hydroxyl groups is 1. The smallest absolute Gasteiger partial charge is 0.242 e. The predicted molar refractivity (Wildman–Crippen MR) is 67.3 cm³/mol. The maximum atomic E-state index is 12.2. The van der Waals surface area contributed by atoms with Gasteiger partial charge >= 0.3 is 0 Å². The fourth-order valence-corrected chi connectivity index (χ4v) is 3.14. The van der Waals surface area contributed by atoms with Gasteiger partial charge in [0.15, 0.2) is 0 Å². The number of hydrogen-bond donors (Lipinski definition) is 2. The average molecular weight is 268 g/mol. The number of sulfonamides is 1. The Morgan fingerprint density at radius 3 is 2.56 bits per heavy atom. The number of aliphatic hydroxyl groups excluding tert-OH is 1. The van der Waals surface area contributed by atoms with Crippen molar-refractivity contribution in [1.82, 2.24) is 4.72 Å². The number of nitriles is 1. The Bertz CT molecular complexity index is 559. The van der Waals surface area contributed by atoms with E-state index in [4.69, 9.17) is 10.4 Å². The molecule has 0 radical (unpaired) electrons. The summed E-state index contributed by atoms with van der Waals surface area (Å²) >= 11 is 0. The summed E-state index contributed by atoms with van der Waals surface area (Å²) in [5, 5.41) is 17.8. The minimum Gasteiger partial charge on any atom is -0.396 e. The third-order valence-corrected chi connectivity index (χ3v) is 4.20. The van der Waals surface area contributed by atoms with Crippen LogP contribution in [0.15, 0.2) is 29.2 Å². The van der Waals surface area contributed by atoms with Gasteiger partial charge in [0.05, 0.1) is 10.5 Å². The summed E-state index contributed by atoms with van der Waals surface area (Å²) in [6, 6.07) is 7.86. The summed E-state index contributed by atoms with van der Waals surface area (Å²) in [6.45, 7) is 3.24. The average Bonchev–Trinajstić information content (AvgIpc) is 2.27. The molecular weight excluding hydrogens is 252 g/mol. The van der Waals surface area contributed by atoms with Gasteiger partial charge in [-0.1, -0.05) is 12.1 Å². The molecule has 0 amide bonds. The molecule has 1 aromatic carbocycles. The molecule has 2 N–H and O–H groups in total. The number of rotatable bonds is 5. The molecule has 5 nitrogen and oxygen atoms in total. The summed E-state index contributed by atoms with van der Waals surface area (Å²) in [6.07, 6.45) is 0.293. The summed E-state index contributed by atoms with van der Waals surface area (Å²) in [4.78, 5) is -0.0430. The SMILES string of the molecule is CC(C)(CCO)NS(=O)(=O)c1ccccc1C#N. The summed E-state index contributed by atoms with van der Waals surface area (Å²) < 4.78 is 26.8. The second-order valence-electron chi connectivity index (χ2n) is 4.57. The minimum atomic E-state index is -3.77. The third kappa shape index (κ3) is 3.53. The molecule has 0 heterocycles. The molecule has 0 spiro atoms. The van der Waals surface area contributed by atoms with Gasteiger partial charge in [0.25, 0.3) is 0 Å². The molecular formula is C12H16N2O3S. The van der Waals surface area contributed by atoms with Crippen molar-refractivity contribution >= 4 is 10.0 Å². The van der Waals surface area contributed by atoms with Crippen LogP contribution in [0.25, 0.3) is 0 Å². The van der Waals surface area contributed by atoms with Crippen LogP contribution in [0.1, 0.15) is 25.8 Å². The van der Waals surface area contributed by atoms with Gasteiger partial charge in [0.1, 0.15) is 6.07 Å². The molecule has 0 aromatic heterocycles. The van der Waals surface area contributed by atoms with Crippen molar-refractivity contribution in [2.75, 3.05) is 6.61 Å². The first-order valence-corrected chi connectivity index (χ1v) is 6.95. The van der Waals surface area contributed by atoms with Crippen LogP contribution >= 0.6 is 0 Å². The normalized spacial score (nSPS) is 12.1. The van der Waals surface area contributed by atoms with Gasteiger partial charge < -0.3 is 5.11 Å². The van der Waals surface area contributed by atoms with Gasteiger partial charge in [-0.25, -0.2) is 13.1 Å². The van der Waals surface area contributed by atoms with Gasteiger partial charge in [0.2, 0.25) is 10.0 Å². The first-order chi connectivity index (χ1) is 8.32. The Labute approximate surface area is 107 Å². The van der Waals surface area contributed by atoms with Crippen molar-refractivity contribution in [3.05, 3.63) is 29.8 Å². The molecule has 0 saturated heterocycles.